The quantitative estimate of drug-likeness (QED) is 0.804. The number of amides is 1. The normalized spacial score (nSPS) is 18.1. The fourth-order valence-corrected chi connectivity index (χ4v) is 2.69. The Hall–Kier alpha value is -2.10. The van der Waals surface area contributed by atoms with Crippen LogP contribution in [-0.2, 0) is 0 Å². The second-order valence-electron chi connectivity index (χ2n) is 5.16. The van der Waals surface area contributed by atoms with E-state index in [0.29, 0.717) is 23.6 Å². The van der Waals surface area contributed by atoms with E-state index in [1.165, 1.54) is 0 Å². The molecule has 0 unspecified atom stereocenters. The van der Waals surface area contributed by atoms with Gasteiger partial charge in [0.05, 0.1) is 6.04 Å². The van der Waals surface area contributed by atoms with Crippen molar-refractivity contribution in [3.05, 3.63) is 41.8 Å². The van der Waals surface area contributed by atoms with Crippen LogP contribution in [0.15, 0.2) is 34.8 Å². The molecule has 0 bridgehead atoms. The number of benzene rings is 1. The first-order valence-corrected chi connectivity index (χ1v) is 7.04. The van der Waals surface area contributed by atoms with Crippen LogP contribution in [0.3, 0.4) is 0 Å². The molecule has 0 aliphatic carbocycles. The maximum absolute atomic E-state index is 12.6. The highest BCUT2D eigenvalue weighted by Gasteiger charge is 2.25. The maximum atomic E-state index is 12.6. The standard InChI is InChI=1S/C16H18N2O2/c1-3-5-13-6-4-9-18(13)16(19)12-7-8-14-15(10-12)20-11(2)17-14/h4,6-8,10,13H,3,5,9H2,1-2H3/t13-/m1/s1. The maximum Gasteiger partial charge on any atom is 0.254 e. The Bertz CT molecular complexity index is 672. The van der Waals surface area contributed by atoms with Gasteiger partial charge in [-0.25, -0.2) is 4.98 Å². The molecule has 1 aliphatic heterocycles. The molecule has 0 saturated carbocycles. The van der Waals surface area contributed by atoms with E-state index in [2.05, 4.69) is 24.1 Å². The molecule has 0 radical (unpaired) electrons. The molecular weight excluding hydrogens is 252 g/mol. The van der Waals surface area contributed by atoms with Crippen molar-refractivity contribution >= 4 is 17.0 Å². The average Bonchev–Trinajstić information content (AvgIpc) is 3.02. The summed E-state index contributed by atoms with van der Waals surface area (Å²) >= 11 is 0. The van der Waals surface area contributed by atoms with Gasteiger partial charge in [-0.15, -0.1) is 0 Å². The predicted molar refractivity (Wildman–Crippen MR) is 77.6 cm³/mol. The lowest BCUT2D eigenvalue weighted by Crippen LogP contribution is -2.35. The van der Waals surface area contributed by atoms with Gasteiger partial charge in [0, 0.05) is 19.0 Å². The van der Waals surface area contributed by atoms with Crippen molar-refractivity contribution in [2.45, 2.75) is 32.7 Å². The Morgan fingerprint density at radius 1 is 1.50 bits per heavy atom. The highest BCUT2D eigenvalue weighted by molar-refractivity contribution is 5.97. The summed E-state index contributed by atoms with van der Waals surface area (Å²) in [5.41, 5.74) is 2.13. The van der Waals surface area contributed by atoms with Crippen molar-refractivity contribution < 1.29 is 9.21 Å². The van der Waals surface area contributed by atoms with Crippen molar-refractivity contribution in [2.24, 2.45) is 0 Å². The van der Waals surface area contributed by atoms with Crippen LogP contribution in [0.25, 0.3) is 11.1 Å². The van der Waals surface area contributed by atoms with E-state index in [1.54, 1.807) is 6.07 Å². The van der Waals surface area contributed by atoms with E-state index in [4.69, 9.17) is 4.42 Å². The molecule has 0 fully saturated rings. The molecule has 104 valence electrons. The van der Waals surface area contributed by atoms with E-state index in [0.717, 1.165) is 18.4 Å². The molecule has 0 spiro atoms. The molecule has 20 heavy (non-hydrogen) atoms. The zero-order valence-electron chi connectivity index (χ0n) is 11.8. The van der Waals surface area contributed by atoms with Gasteiger partial charge in [0.1, 0.15) is 5.52 Å². The molecule has 1 aliphatic rings. The highest BCUT2D eigenvalue weighted by atomic mass is 16.3. The van der Waals surface area contributed by atoms with Crippen LogP contribution in [0, 0.1) is 6.92 Å². The van der Waals surface area contributed by atoms with Gasteiger partial charge in [-0.3, -0.25) is 4.79 Å². The first kappa shape index (κ1) is 12.9. The molecule has 4 heteroatoms. The lowest BCUT2D eigenvalue weighted by Gasteiger charge is -2.24. The summed E-state index contributed by atoms with van der Waals surface area (Å²) in [6.07, 6.45) is 6.26. The minimum atomic E-state index is 0.0596. The molecule has 2 aromatic rings. The van der Waals surface area contributed by atoms with Gasteiger partial charge < -0.3 is 9.32 Å². The molecule has 1 amide bonds. The van der Waals surface area contributed by atoms with Crippen molar-refractivity contribution in [2.75, 3.05) is 6.54 Å². The van der Waals surface area contributed by atoms with Crippen molar-refractivity contribution in [3.8, 4) is 0 Å². The number of carbonyl (C=O) groups is 1. The van der Waals surface area contributed by atoms with E-state index in [9.17, 15) is 4.79 Å². The number of aromatic nitrogens is 1. The smallest absolute Gasteiger partial charge is 0.254 e. The Morgan fingerprint density at radius 3 is 3.15 bits per heavy atom. The number of aryl methyl sites for hydroxylation is 1. The van der Waals surface area contributed by atoms with E-state index in [1.807, 2.05) is 24.0 Å². The summed E-state index contributed by atoms with van der Waals surface area (Å²) in [6, 6.07) is 5.68. The Kier molecular flexibility index (Phi) is 3.30. The number of hydrogen-bond donors (Lipinski definition) is 0. The Morgan fingerprint density at radius 2 is 2.35 bits per heavy atom. The summed E-state index contributed by atoms with van der Waals surface area (Å²) in [6.45, 7) is 4.64. The summed E-state index contributed by atoms with van der Waals surface area (Å²) in [7, 11) is 0. The van der Waals surface area contributed by atoms with E-state index in [-0.39, 0.29) is 11.9 Å². The Balaban J connectivity index is 1.88. The first-order chi connectivity index (χ1) is 9.69. The number of fused-ring (bicyclic) bond motifs is 1. The van der Waals surface area contributed by atoms with Gasteiger partial charge in [-0.05, 0) is 24.6 Å². The van der Waals surface area contributed by atoms with Gasteiger partial charge in [-0.2, -0.15) is 0 Å². The third-order valence-electron chi connectivity index (χ3n) is 3.65. The van der Waals surface area contributed by atoms with Crippen LogP contribution in [0.4, 0.5) is 0 Å². The van der Waals surface area contributed by atoms with Crippen LogP contribution in [0.5, 0.6) is 0 Å². The van der Waals surface area contributed by atoms with Gasteiger partial charge in [0.15, 0.2) is 11.5 Å². The third-order valence-corrected chi connectivity index (χ3v) is 3.65. The molecule has 2 heterocycles. The number of hydrogen-bond acceptors (Lipinski definition) is 3. The molecular formula is C16H18N2O2. The fraction of sp³-hybridized carbons (Fsp3) is 0.375. The summed E-state index contributed by atoms with van der Waals surface area (Å²) in [4.78, 5) is 18.8. The van der Waals surface area contributed by atoms with Crippen molar-refractivity contribution in [1.82, 2.24) is 9.88 Å². The topological polar surface area (TPSA) is 46.3 Å². The highest BCUT2D eigenvalue weighted by Crippen LogP contribution is 2.21. The summed E-state index contributed by atoms with van der Waals surface area (Å²) < 4.78 is 5.50. The number of rotatable bonds is 3. The number of nitrogens with zero attached hydrogens (tertiary/aromatic N) is 2. The van der Waals surface area contributed by atoms with Gasteiger partial charge in [0.2, 0.25) is 0 Å². The molecule has 0 saturated heterocycles. The van der Waals surface area contributed by atoms with Crippen LogP contribution in [0.1, 0.15) is 36.0 Å². The molecule has 4 nitrogen and oxygen atoms in total. The summed E-state index contributed by atoms with van der Waals surface area (Å²) in [5, 5.41) is 0. The van der Waals surface area contributed by atoms with Crippen LogP contribution >= 0.6 is 0 Å². The van der Waals surface area contributed by atoms with Crippen LogP contribution in [0.2, 0.25) is 0 Å². The molecule has 1 atom stereocenters. The Labute approximate surface area is 118 Å². The predicted octanol–water partition coefficient (Wildman–Crippen LogP) is 3.32. The lowest BCUT2D eigenvalue weighted by atomic mass is 10.1. The van der Waals surface area contributed by atoms with Crippen LogP contribution in [-0.4, -0.2) is 28.4 Å². The van der Waals surface area contributed by atoms with Crippen molar-refractivity contribution in [1.29, 1.82) is 0 Å². The zero-order chi connectivity index (χ0) is 14.1. The van der Waals surface area contributed by atoms with E-state index >= 15 is 0 Å². The van der Waals surface area contributed by atoms with Gasteiger partial charge >= 0.3 is 0 Å². The second kappa shape index (κ2) is 5.12. The summed E-state index contributed by atoms with van der Waals surface area (Å²) in [5.74, 6) is 0.681. The second-order valence-corrected chi connectivity index (χ2v) is 5.16. The zero-order valence-corrected chi connectivity index (χ0v) is 11.8. The first-order valence-electron chi connectivity index (χ1n) is 7.04. The molecule has 1 aromatic heterocycles. The lowest BCUT2D eigenvalue weighted by molar-refractivity contribution is 0.0744. The van der Waals surface area contributed by atoms with Crippen LogP contribution < -0.4 is 0 Å². The number of carbonyl (C=O) groups excluding carboxylic acids is 1. The van der Waals surface area contributed by atoms with Crippen molar-refractivity contribution in [3.63, 3.8) is 0 Å². The third kappa shape index (κ3) is 2.22. The minimum Gasteiger partial charge on any atom is -0.441 e. The monoisotopic (exact) mass is 270 g/mol. The largest absolute Gasteiger partial charge is 0.441 e. The molecule has 1 aromatic carbocycles. The molecule has 3 rings (SSSR count). The SMILES string of the molecule is CCC[C@@H]1C=CCN1C(=O)c1ccc2nc(C)oc2c1. The number of oxazole rings is 1. The fourth-order valence-electron chi connectivity index (χ4n) is 2.69. The molecule has 0 N–H and O–H groups in total. The van der Waals surface area contributed by atoms with Gasteiger partial charge in [0.25, 0.3) is 5.91 Å². The van der Waals surface area contributed by atoms with E-state index < -0.39 is 0 Å². The van der Waals surface area contributed by atoms with Gasteiger partial charge in [-0.1, -0.05) is 25.5 Å². The minimum absolute atomic E-state index is 0.0596. The average molecular weight is 270 g/mol.